The minimum atomic E-state index is -0.722. The van der Waals surface area contributed by atoms with Crippen LogP contribution >= 0.6 is 0 Å². The molecule has 1 rings (SSSR count). The summed E-state index contributed by atoms with van der Waals surface area (Å²) < 4.78 is 0. The van der Waals surface area contributed by atoms with E-state index < -0.39 is 23.8 Å². The lowest BCUT2D eigenvalue weighted by atomic mass is 9.99. The van der Waals surface area contributed by atoms with Gasteiger partial charge in [-0.1, -0.05) is 20.3 Å². The number of benzene rings is 1. The van der Waals surface area contributed by atoms with Crippen molar-refractivity contribution in [2.45, 2.75) is 26.3 Å². The van der Waals surface area contributed by atoms with Crippen LogP contribution in [0.3, 0.4) is 0 Å². The molecular weight excluding hydrogens is 272 g/mol. The van der Waals surface area contributed by atoms with Crippen LogP contribution in [0.25, 0.3) is 0 Å². The number of hydrogen-bond donors (Lipinski definition) is 4. The van der Waals surface area contributed by atoms with Crippen LogP contribution in [-0.4, -0.2) is 23.8 Å². The molecule has 114 valence electrons. The predicted octanol–water partition coefficient (Wildman–Crippen LogP) is 0.196. The molecule has 1 aromatic rings. The van der Waals surface area contributed by atoms with E-state index in [1.165, 1.54) is 18.2 Å². The van der Waals surface area contributed by atoms with Crippen LogP contribution in [0, 0.1) is 5.92 Å². The van der Waals surface area contributed by atoms with E-state index >= 15 is 0 Å². The minimum absolute atomic E-state index is 0.0000612. The maximum atomic E-state index is 12.0. The Morgan fingerprint density at radius 2 is 1.57 bits per heavy atom. The van der Waals surface area contributed by atoms with Crippen LogP contribution in [-0.2, 0) is 4.79 Å². The van der Waals surface area contributed by atoms with Gasteiger partial charge in [0.15, 0.2) is 0 Å². The number of amides is 3. The highest BCUT2D eigenvalue weighted by molar-refractivity contribution is 6.02. The second-order valence-corrected chi connectivity index (χ2v) is 4.93. The van der Waals surface area contributed by atoms with Gasteiger partial charge in [-0.2, -0.15) is 0 Å². The molecule has 0 aliphatic rings. The largest absolute Gasteiger partial charge is 0.366 e. The van der Waals surface area contributed by atoms with Gasteiger partial charge in [0.2, 0.25) is 17.7 Å². The molecule has 0 fully saturated rings. The van der Waals surface area contributed by atoms with E-state index in [-0.39, 0.29) is 22.7 Å². The zero-order valence-electron chi connectivity index (χ0n) is 12.1. The van der Waals surface area contributed by atoms with E-state index in [0.29, 0.717) is 0 Å². The summed E-state index contributed by atoms with van der Waals surface area (Å²) in [5.74, 6) is -1.85. The summed E-state index contributed by atoms with van der Waals surface area (Å²) in [5.41, 5.74) is 16.6. The van der Waals surface area contributed by atoms with Crippen LogP contribution in [0.5, 0.6) is 0 Å². The molecule has 0 bridgehead atoms. The summed E-state index contributed by atoms with van der Waals surface area (Å²) >= 11 is 0. The first-order valence-corrected chi connectivity index (χ1v) is 6.57. The zero-order chi connectivity index (χ0) is 16.2. The fraction of sp³-hybridized carbons (Fsp3) is 0.357. The average molecular weight is 292 g/mol. The van der Waals surface area contributed by atoms with E-state index in [2.05, 4.69) is 5.32 Å². The molecule has 7 N–H and O–H groups in total. The Labute approximate surface area is 122 Å². The summed E-state index contributed by atoms with van der Waals surface area (Å²) in [6, 6.07) is 3.32. The van der Waals surface area contributed by atoms with Crippen molar-refractivity contribution in [3.63, 3.8) is 0 Å². The Balaban J connectivity index is 3.05. The lowest BCUT2D eigenvalue weighted by molar-refractivity contribution is -0.118. The molecule has 21 heavy (non-hydrogen) atoms. The number of anilines is 1. The molecular formula is C14H20N4O3. The molecule has 2 atom stereocenters. The van der Waals surface area contributed by atoms with Crippen molar-refractivity contribution in [1.29, 1.82) is 0 Å². The molecule has 0 radical (unpaired) electrons. The standard InChI is InChI=1S/C14H20N4O3/c1-3-7(2)11(15)14(21)18-10-5-8(12(16)19)4-9(6-10)13(17)20/h4-7,11H,3,15H2,1-2H3,(H2,16,19)(H2,17,20)(H,18,21)/t7?,11-/m0/s1. The van der Waals surface area contributed by atoms with Crippen LogP contribution in [0.1, 0.15) is 41.0 Å². The van der Waals surface area contributed by atoms with Gasteiger partial charge in [0, 0.05) is 16.8 Å². The Bertz CT molecular complexity index is 539. The van der Waals surface area contributed by atoms with Crippen molar-refractivity contribution in [3.8, 4) is 0 Å². The van der Waals surface area contributed by atoms with Crippen molar-refractivity contribution in [2.75, 3.05) is 5.32 Å². The van der Waals surface area contributed by atoms with E-state index in [0.717, 1.165) is 6.42 Å². The summed E-state index contributed by atoms with van der Waals surface area (Å²) in [6.07, 6.45) is 0.752. The number of carbonyl (C=O) groups is 3. The fourth-order valence-electron chi connectivity index (χ4n) is 1.72. The van der Waals surface area contributed by atoms with Gasteiger partial charge in [-0.15, -0.1) is 0 Å². The number of nitrogens with one attached hydrogen (secondary N) is 1. The van der Waals surface area contributed by atoms with Crippen LogP contribution in [0.15, 0.2) is 18.2 Å². The van der Waals surface area contributed by atoms with Crippen molar-refractivity contribution >= 4 is 23.4 Å². The molecule has 0 saturated carbocycles. The smallest absolute Gasteiger partial charge is 0.248 e. The second kappa shape index (κ2) is 6.85. The Morgan fingerprint density at radius 3 is 1.95 bits per heavy atom. The van der Waals surface area contributed by atoms with Crippen LogP contribution in [0.4, 0.5) is 5.69 Å². The highest BCUT2D eigenvalue weighted by atomic mass is 16.2. The first kappa shape index (κ1) is 16.6. The third-order valence-corrected chi connectivity index (χ3v) is 3.33. The average Bonchev–Trinajstić information content (AvgIpc) is 2.44. The Morgan fingerprint density at radius 1 is 1.10 bits per heavy atom. The van der Waals surface area contributed by atoms with Gasteiger partial charge in [0.05, 0.1) is 6.04 Å². The lowest BCUT2D eigenvalue weighted by Crippen LogP contribution is -2.40. The fourth-order valence-corrected chi connectivity index (χ4v) is 1.72. The van der Waals surface area contributed by atoms with Crippen LogP contribution in [0.2, 0.25) is 0 Å². The molecule has 7 heteroatoms. The van der Waals surface area contributed by atoms with E-state index in [9.17, 15) is 14.4 Å². The summed E-state index contributed by atoms with van der Waals surface area (Å²) in [4.78, 5) is 34.5. The number of hydrogen-bond acceptors (Lipinski definition) is 4. The zero-order valence-corrected chi connectivity index (χ0v) is 12.1. The number of nitrogens with two attached hydrogens (primary N) is 3. The third-order valence-electron chi connectivity index (χ3n) is 3.33. The Hall–Kier alpha value is -2.41. The molecule has 0 heterocycles. The van der Waals surface area contributed by atoms with E-state index in [1.807, 2.05) is 13.8 Å². The first-order valence-electron chi connectivity index (χ1n) is 6.57. The molecule has 0 aliphatic heterocycles. The quantitative estimate of drug-likeness (QED) is 0.594. The minimum Gasteiger partial charge on any atom is -0.366 e. The van der Waals surface area contributed by atoms with Gasteiger partial charge in [-0.25, -0.2) is 0 Å². The summed E-state index contributed by atoms with van der Waals surface area (Å²) in [7, 11) is 0. The molecule has 0 aromatic heterocycles. The van der Waals surface area contributed by atoms with Gasteiger partial charge < -0.3 is 22.5 Å². The lowest BCUT2D eigenvalue weighted by Gasteiger charge is -2.18. The van der Waals surface area contributed by atoms with Crippen molar-refractivity contribution < 1.29 is 14.4 Å². The normalized spacial score (nSPS) is 13.3. The van der Waals surface area contributed by atoms with Gasteiger partial charge in [0.1, 0.15) is 0 Å². The maximum absolute atomic E-state index is 12.0. The molecule has 3 amide bonds. The third kappa shape index (κ3) is 4.28. The number of primary amides is 2. The van der Waals surface area contributed by atoms with Crippen molar-refractivity contribution in [1.82, 2.24) is 0 Å². The highest BCUT2D eigenvalue weighted by Crippen LogP contribution is 2.16. The highest BCUT2D eigenvalue weighted by Gasteiger charge is 2.20. The summed E-state index contributed by atoms with van der Waals surface area (Å²) in [6.45, 7) is 3.79. The molecule has 7 nitrogen and oxygen atoms in total. The van der Waals surface area contributed by atoms with Crippen LogP contribution < -0.4 is 22.5 Å². The van der Waals surface area contributed by atoms with E-state index in [1.54, 1.807) is 0 Å². The maximum Gasteiger partial charge on any atom is 0.248 e. The molecule has 1 unspecified atom stereocenters. The SMILES string of the molecule is CCC(C)[C@H](N)C(=O)Nc1cc(C(N)=O)cc(C(N)=O)c1. The van der Waals surface area contributed by atoms with Gasteiger partial charge >= 0.3 is 0 Å². The molecule has 1 aromatic carbocycles. The molecule has 0 spiro atoms. The summed E-state index contributed by atoms with van der Waals surface area (Å²) in [5, 5.41) is 2.57. The van der Waals surface area contributed by atoms with Gasteiger partial charge in [0.25, 0.3) is 0 Å². The number of carbonyl (C=O) groups excluding carboxylic acids is 3. The first-order chi connectivity index (χ1) is 9.76. The topological polar surface area (TPSA) is 141 Å². The Kier molecular flexibility index (Phi) is 5.43. The van der Waals surface area contributed by atoms with E-state index in [4.69, 9.17) is 17.2 Å². The monoisotopic (exact) mass is 292 g/mol. The van der Waals surface area contributed by atoms with Crippen molar-refractivity contribution in [3.05, 3.63) is 29.3 Å². The predicted molar refractivity (Wildman–Crippen MR) is 79.5 cm³/mol. The van der Waals surface area contributed by atoms with Gasteiger partial charge in [-0.05, 0) is 24.1 Å². The van der Waals surface area contributed by atoms with Crippen molar-refractivity contribution in [2.24, 2.45) is 23.1 Å². The molecule has 0 saturated heterocycles. The second-order valence-electron chi connectivity index (χ2n) is 4.93. The number of rotatable bonds is 6. The van der Waals surface area contributed by atoms with Gasteiger partial charge in [-0.3, -0.25) is 14.4 Å². The molecule has 0 aliphatic carbocycles.